The molecule has 17 heteroatoms. The fourth-order valence-corrected chi connectivity index (χ4v) is 7.89. The number of esters is 2. The lowest BCUT2D eigenvalue weighted by Gasteiger charge is -2.43. The first-order chi connectivity index (χ1) is 20.0. The first-order valence-electron chi connectivity index (χ1n) is 14.7. The zero-order chi connectivity index (χ0) is 33.7. The second-order valence-electron chi connectivity index (χ2n) is 14.0. The second-order valence-corrected chi connectivity index (χ2v) is 25.0. The van der Waals surface area contributed by atoms with E-state index in [-0.39, 0.29) is 41.3 Å². The summed E-state index contributed by atoms with van der Waals surface area (Å²) in [6.07, 6.45) is -3.74. The SMILES string of the molecule is CCOC(=O)c1nnn(C2OC(CO[Si](C)(C)C(C)(C)C)C3(OS(=O)(=O)C=C3N)C2O[Si](C)(C)C(C)(C)C)c1C(=O)OCC. The molecule has 250 valence electrons. The number of nitrogens with zero attached hydrogens (tertiary/aromatic N) is 3. The smallest absolute Gasteiger partial charge is 0.361 e. The summed E-state index contributed by atoms with van der Waals surface area (Å²) in [5.74, 6) is -1.80. The third-order valence-electron chi connectivity index (χ3n) is 8.94. The van der Waals surface area contributed by atoms with Crippen molar-refractivity contribution in [2.75, 3.05) is 19.8 Å². The molecular weight excluding hydrogens is 629 g/mol. The van der Waals surface area contributed by atoms with E-state index in [0.29, 0.717) is 0 Å². The largest absolute Gasteiger partial charge is 0.461 e. The summed E-state index contributed by atoms with van der Waals surface area (Å²) in [7, 11) is -9.43. The molecule has 0 amide bonds. The van der Waals surface area contributed by atoms with E-state index in [9.17, 15) is 18.0 Å². The molecule has 3 rings (SSSR count). The molecule has 1 saturated heterocycles. The molecule has 0 radical (unpaired) electrons. The van der Waals surface area contributed by atoms with E-state index in [4.69, 9.17) is 33.0 Å². The summed E-state index contributed by atoms with van der Waals surface area (Å²) >= 11 is 0. The number of carbonyl (C=O) groups is 2. The van der Waals surface area contributed by atoms with Crippen molar-refractivity contribution in [3.63, 3.8) is 0 Å². The van der Waals surface area contributed by atoms with Gasteiger partial charge in [-0.05, 0) is 50.1 Å². The Morgan fingerprint density at radius 2 is 1.55 bits per heavy atom. The van der Waals surface area contributed by atoms with Gasteiger partial charge in [0.2, 0.25) is 5.69 Å². The third kappa shape index (κ3) is 6.68. The lowest BCUT2D eigenvalue weighted by atomic mass is 9.89. The monoisotopic (exact) mass is 676 g/mol. The lowest BCUT2D eigenvalue weighted by Crippen LogP contribution is -2.59. The van der Waals surface area contributed by atoms with Gasteiger partial charge in [0.05, 0.1) is 30.9 Å². The van der Waals surface area contributed by atoms with Gasteiger partial charge >= 0.3 is 11.9 Å². The molecule has 2 aliphatic rings. The summed E-state index contributed by atoms with van der Waals surface area (Å²) in [6.45, 7) is 23.4. The van der Waals surface area contributed by atoms with Crippen LogP contribution >= 0.6 is 0 Å². The molecule has 0 aromatic carbocycles. The predicted molar refractivity (Wildman–Crippen MR) is 166 cm³/mol. The van der Waals surface area contributed by atoms with Gasteiger partial charge in [-0.2, -0.15) is 8.42 Å². The van der Waals surface area contributed by atoms with Gasteiger partial charge in [0.1, 0.15) is 12.2 Å². The fraction of sp³-hybridized carbons (Fsp3) is 0.778. The van der Waals surface area contributed by atoms with Gasteiger partial charge in [0.25, 0.3) is 10.1 Å². The highest BCUT2D eigenvalue weighted by Crippen LogP contribution is 2.52. The van der Waals surface area contributed by atoms with E-state index in [1.807, 2.05) is 47.0 Å². The van der Waals surface area contributed by atoms with Gasteiger partial charge in [0, 0.05) is 0 Å². The zero-order valence-corrected chi connectivity index (χ0v) is 30.7. The molecule has 2 aliphatic heterocycles. The summed E-state index contributed by atoms with van der Waals surface area (Å²) in [5, 5.41) is 8.38. The number of hydrogen-bond donors (Lipinski definition) is 1. The highest BCUT2D eigenvalue weighted by atomic mass is 32.2. The Hall–Kier alpha value is -2.16. The van der Waals surface area contributed by atoms with Crippen LogP contribution in [0.1, 0.15) is 82.6 Å². The first-order valence-corrected chi connectivity index (χ1v) is 21.9. The predicted octanol–water partition coefficient (Wildman–Crippen LogP) is 3.84. The first kappa shape index (κ1) is 36.3. The molecule has 0 aliphatic carbocycles. The lowest BCUT2D eigenvalue weighted by molar-refractivity contribution is -0.0607. The van der Waals surface area contributed by atoms with Crippen LogP contribution in [-0.2, 0) is 37.4 Å². The number of carbonyl (C=O) groups excluding carboxylic acids is 2. The maximum Gasteiger partial charge on any atom is 0.361 e. The fourth-order valence-electron chi connectivity index (χ4n) is 4.39. The molecule has 14 nitrogen and oxygen atoms in total. The molecule has 3 heterocycles. The summed E-state index contributed by atoms with van der Waals surface area (Å²) in [5.41, 5.74) is 3.76. The van der Waals surface area contributed by atoms with Crippen molar-refractivity contribution in [3.05, 3.63) is 22.5 Å². The van der Waals surface area contributed by atoms with Crippen LogP contribution in [0.5, 0.6) is 0 Å². The molecule has 1 spiro atoms. The maximum atomic E-state index is 13.3. The van der Waals surface area contributed by atoms with Gasteiger partial charge in [-0.25, -0.2) is 18.5 Å². The number of aromatic nitrogens is 3. The molecule has 0 saturated carbocycles. The Labute approximate surface area is 262 Å². The molecular formula is C27H48N4O10SSi2. The number of rotatable bonds is 10. The summed E-state index contributed by atoms with van der Waals surface area (Å²) in [6, 6.07) is 0. The van der Waals surface area contributed by atoms with E-state index in [1.165, 1.54) is 0 Å². The molecule has 0 bridgehead atoms. The zero-order valence-electron chi connectivity index (χ0n) is 27.8. The Bertz CT molecular complexity index is 1400. The number of hydrogen-bond acceptors (Lipinski definition) is 13. The Balaban J connectivity index is 2.30. The number of nitrogens with two attached hydrogens (primary N) is 1. The van der Waals surface area contributed by atoms with Crippen LogP contribution in [0.25, 0.3) is 0 Å². The van der Waals surface area contributed by atoms with Crippen LogP contribution in [-0.4, -0.2) is 89.6 Å². The van der Waals surface area contributed by atoms with Crippen molar-refractivity contribution in [3.8, 4) is 0 Å². The van der Waals surface area contributed by atoms with Crippen LogP contribution in [0.4, 0.5) is 0 Å². The molecule has 4 atom stereocenters. The maximum absolute atomic E-state index is 13.3. The van der Waals surface area contributed by atoms with Crippen LogP contribution in [0.15, 0.2) is 11.1 Å². The molecule has 1 aromatic heterocycles. The van der Waals surface area contributed by atoms with E-state index in [1.54, 1.807) is 13.8 Å². The molecule has 2 N–H and O–H groups in total. The molecule has 1 aromatic rings. The minimum absolute atomic E-state index is 0.00828. The van der Waals surface area contributed by atoms with Gasteiger partial charge in [-0.3, -0.25) is 0 Å². The normalized spacial score (nSPS) is 25.7. The Morgan fingerprint density at radius 3 is 2.02 bits per heavy atom. The van der Waals surface area contributed by atoms with Crippen LogP contribution in [0.2, 0.25) is 36.3 Å². The van der Waals surface area contributed by atoms with E-state index >= 15 is 0 Å². The Morgan fingerprint density at radius 1 is 1.00 bits per heavy atom. The summed E-state index contributed by atoms with van der Waals surface area (Å²) < 4.78 is 63.2. The van der Waals surface area contributed by atoms with Crippen LogP contribution in [0, 0.1) is 0 Å². The quantitative estimate of drug-likeness (QED) is 0.215. The van der Waals surface area contributed by atoms with Gasteiger partial charge in [0.15, 0.2) is 34.2 Å². The van der Waals surface area contributed by atoms with Crippen molar-refractivity contribution in [1.29, 1.82) is 0 Å². The van der Waals surface area contributed by atoms with E-state index < -0.39 is 68.4 Å². The Kier molecular flexibility index (Phi) is 10.1. The van der Waals surface area contributed by atoms with Crippen molar-refractivity contribution >= 4 is 38.7 Å². The topological polar surface area (TPSA) is 180 Å². The van der Waals surface area contributed by atoms with Crippen molar-refractivity contribution in [2.45, 2.75) is 116 Å². The minimum atomic E-state index is -4.27. The average Bonchev–Trinajstić information content (AvgIpc) is 3.49. The molecule has 4 unspecified atom stereocenters. The molecule has 1 fully saturated rings. The highest BCUT2D eigenvalue weighted by Gasteiger charge is 2.68. The van der Waals surface area contributed by atoms with Gasteiger partial charge < -0.3 is 28.8 Å². The summed E-state index contributed by atoms with van der Waals surface area (Å²) in [4.78, 5) is 26.1. The van der Waals surface area contributed by atoms with Gasteiger partial charge in [-0.1, -0.05) is 46.8 Å². The highest BCUT2D eigenvalue weighted by molar-refractivity contribution is 7.90. The standard InChI is InChI=1S/C27H48N4O10SSi2/c1-13-36-23(32)19-20(24(33)37-14-2)31(30-29-19)22-21(40-44(11,12)26(6,7)8)27(17(28)16-42(34,35)41-27)18(39-22)15-38-43(9,10)25(3,4)5/h16,18,21-22H,13-15,28H2,1-12H3. The van der Waals surface area contributed by atoms with Crippen molar-refractivity contribution in [2.24, 2.45) is 5.73 Å². The van der Waals surface area contributed by atoms with E-state index in [0.717, 1.165) is 10.1 Å². The van der Waals surface area contributed by atoms with Crippen molar-refractivity contribution in [1.82, 2.24) is 15.0 Å². The second kappa shape index (κ2) is 12.2. The van der Waals surface area contributed by atoms with Crippen molar-refractivity contribution < 1.29 is 45.3 Å². The number of ether oxygens (including phenoxy) is 3. The third-order valence-corrected chi connectivity index (χ3v) is 18.9. The van der Waals surface area contributed by atoms with Crippen LogP contribution < -0.4 is 5.73 Å². The minimum Gasteiger partial charge on any atom is -0.461 e. The van der Waals surface area contributed by atoms with Gasteiger partial charge in [-0.15, -0.1) is 5.10 Å². The molecule has 44 heavy (non-hydrogen) atoms. The average molecular weight is 677 g/mol. The van der Waals surface area contributed by atoms with E-state index in [2.05, 4.69) is 31.1 Å². The van der Waals surface area contributed by atoms with Crippen LogP contribution in [0.3, 0.4) is 0 Å².